The first-order chi connectivity index (χ1) is 7.35. The Morgan fingerprint density at radius 3 is 2.25 bits per heavy atom. The van der Waals surface area contributed by atoms with Crippen LogP contribution in [0.5, 0.6) is 0 Å². The monoisotopic (exact) mass is 225 g/mol. The number of carbonyl (C=O) groups is 2. The molecule has 0 aromatic heterocycles. The molecule has 1 amide bonds. The van der Waals surface area contributed by atoms with Crippen LogP contribution in [0.2, 0.25) is 0 Å². The summed E-state index contributed by atoms with van der Waals surface area (Å²) in [5.74, 6) is -0.488. The van der Waals surface area contributed by atoms with Crippen LogP contribution in [0.3, 0.4) is 0 Å². The predicted octanol–water partition coefficient (Wildman–Crippen LogP) is 0.622. The van der Waals surface area contributed by atoms with Crippen molar-refractivity contribution < 1.29 is 9.59 Å². The molecule has 0 aliphatic rings. The van der Waals surface area contributed by atoms with E-state index in [0.717, 1.165) is 0 Å². The predicted molar refractivity (Wildman–Crippen MR) is 64.2 cm³/mol. The lowest BCUT2D eigenvalue weighted by atomic mass is 10.0. The zero-order valence-electron chi connectivity index (χ0n) is 10.4. The molecule has 0 rings (SSSR count). The molecule has 0 radical (unpaired) electrons. The summed E-state index contributed by atoms with van der Waals surface area (Å²) in [6, 6.07) is 0. The van der Waals surface area contributed by atoms with Crippen molar-refractivity contribution in [2.24, 2.45) is 4.99 Å². The van der Waals surface area contributed by atoms with Gasteiger partial charge in [0.1, 0.15) is 5.70 Å². The zero-order valence-corrected chi connectivity index (χ0v) is 10.4. The number of nitrogens with one attached hydrogen (secondary N) is 2. The van der Waals surface area contributed by atoms with E-state index in [4.69, 9.17) is 0 Å². The van der Waals surface area contributed by atoms with E-state index in [1.807, 2.05) is 0 Å². The Morgan fingerprint density at radius 1 is 1.31 bits per heavy atom. The second kappa shape index (κ2) is 6.05. The number of rotatable bonds is 5. The molecule has 0 saturated carbocycles. The number of carbonyl (C=O) groups excluding carboxylic acids is 2. The summed E-state index contributed by atoms with van der Waals surface area (Å²) in [4.78, 5) is 26.9. The summed E-state index contributed by atoms with van der Waals surface area (Å²) >= 11 is 0. The van der Waals surface area contributed by atoms with Crippen LogP contribution in [0.15, 0.2) is 16.9 Å². The smallest absolute Gasteiger partial charge is 0.272 e. The van der Waals surface area contributed by atoms with Gasteiger partial charge < -0.3 is 10.6 Å². The second-order valence-electron chi connectivity index (χ2n) is 3.84. The highest BCUT2D eigenvalue weighted by Crippen LogP contribution is 2.06. The van der Waals surface area contributed by atoms with Crippen molar-refractivity contribution in [2.45, 2.75) is 33.2 Å². The fraction of sp³-hybridized carbons (Fsp3) is 0.545. The first kappa shape index (κ1) is 14.3. The van der Waals surface area contributed by atoms with Gasteiger partial charge in [-0.1, -0.05) is 0 Å². The Kier molecular flexibility index (Phi) is 5.42. The normalized spacial score (nSPS) is 12.7. The third kappa shape index (κ3) is 4.25. The molecule has 0 aromatic carbocycles. The highest BCUT2D eigenvalue weighted by atomic mass is 16.2. The number of nitrogens with zero attached hydrogens (tertiary/aromatic N) is 1. The topological polar surface area (TPSA) is 70.6 Å². The highest BCUT2D eigenvalue weighted by Gasteiger charge is 2.26. The van der Waals surface area contributed by atoms with Crippen molar-refractivity contribution in [3.63, 3.8) is 0 Å². The number of Topliss-reactive ketones (excluding diaryl/α,β-unsaturated/α-hetero) is 1. The SMILES string of the molecule is CC=N/C(=C\NC)C(=O)NC(C)(C)C(C)=O. The van der Waals surface area contributed by atoms with E-state index < -0.39 is 5.54 Å². The minimum atomic E-state index is -0.882. The Hall–Kier alpha value is -1.65. The lowest BCUT2D eigenvalue weighted by Crippen LogP contribution is -2.49. The largest absolute Gasteiger partial charge is 0.392 e. The molecule has 5 heteroatoms. The van der Waals surface area contributed by atoms with E-state index in [1.54, 1.807) is 27.8 Å². The summed E-state index contributed by atoms with van der Waals surface area (Å²) in [7, 11) is 1.68. The summed E-state index contributed by atoms with van der Waals surface area (Å²) in [6.45, 7) is 6.46. The molecule has 0 bridgehead atoms. The Bertz CT molecular complexity index is 330. The van der Waals surface area contributed by atoms with E-state index in [0.29, 0.717) is 0 Å². The van der Waals surface area contributed by atoms with Crippen LogP contribution in [0.25, 0.3) is 0 Å². The van der Waals surface area contributed by atoms with Crippen LogP contribution in [0, 0.1) is 0 Å². The van der Waals surface area contributed by atoms with Crippen molar-refractivity contribution in [1.82, 2.24) is 10.6 Å². The molecule has 0 saturated heterocycles. The van der Waals surface area contributed by atoms with Gasteiger partial charge in [-0.2, -0.15) is 0 Å². The van der Waals surface area contributed by atoms with Crippen LogP contribution in [0.1, 0.15) is 27.7 Å². The molecular weight excluding hydrogens is 206 g/mol. The maximum Gasteiger partial charge on any atom is 0.272 e. The Balaban J connectivity index is 4.80. The van der Waals surface area contributed by atoms with Crippen LogP contribution < -0.4 is 10.6 Å². The third-order valence-corrected chi connectivity index (χ3v) is 2.09. The summed E-state index contributed by atoms with van der Waals surface area (Å²) in [6.07, 6.45) is 3.00. The fourth-order valence-corrected chi connectivity index (χ4v) is 0.873. The van der Waals surface area contributed by atoms with E-state index >= 15 is 0 Å². The van der Waals surface area contributed by atoms with Gasteiger partial charge in [0.15, 0.2) is 5.78 Å². The van der Waals surface area contributed by atoms with Crippen LogP contribution >= 0.6 is 0 Å². The average Bonchev–Trinajstić information content (AvgIpc) is 2.16. The first-order valence-electron chi connectivity index (χ1n) is 5.04. The fourth-order valence-electron chi connectivity index (χ4n) is 0.873. The van der Waals surface area contributed by atoms with Crippen LogP contribution in [-0.2, 0) is 9.59 Å². The minimum Gasteiger partial charge on any atom is -0.392 e. The molecule has 0 aromatic rings. The Labute approximate surface area is 96.0 Å². The molecule has 2 N–H and O–H groups in total. The molecule has 0 aliphatic carbocycles. The van der Waals surface area contributed by atoms with Crippen LogP contribution in [-0.4, -0.2) is 30.5 Å². The molecule has 0 heterocycles. The molecule has 0 aliphatic heterocycles. The van der Waals surface area contributed by atoms with Gasteiger partial charge in [0.2, 0.25) is 0 Å². The number of hydrogen-bond acceptors (Lipinski definition) is 4. The molecular formula is C11H19N3O2. The lowest BCUT2D eigenvalue weighted by molar-refractivity contribution is -0.127. The molecule has 5 nitrogen and oxygen atoms in total. The van der Waals surface area contributed by atoms with E-state index in [2.05, 4.69) is 15.6 Å². The van der Waals surface area contributed by atoms with Crippen molar-refractivity contribution in [2.75, 3.05) is 7.05 Å². The van der Waals surface area contributed by atoms with Gasteiger partial charge in [0.25, 0.3) is 5.91 Å². The molecule has 90 valence electrons. The summed E-state index contributed by atoms with van der Waals surface area (Å²) < 4.78 is 0. The minimum absolute atomic E-state index is 0.106. The van der Waals surface area contributed by atoms with Gasteiger partial charge in [-0.3, -0.25) is 14.6 Å². The third-order valence-electron chi connectivity index (χ3n) is 2.09. The average molecular weight is 225 g/mol. The van der Waals surface area contributed by atoms with Crippen LogP contribution in [0.4, 0.5) is 0 Å². The maximum absolute atomic E-state index is 11.8. The molecule has 0 fully saturated rings. The van der Waals surface area contributed by atoms with Gasteiger partial charge >= 0.3 is 0 Å². The standard InChI is InChI=1S/C11H19N3O2/c1-6-13-9(7-12-5)10(16)14-11(3,4)8(2)15/h6-7,12H,1-5H3,(H,14,16)/b9-7-,13-6?. The van der Waals surface area contributed by atoms with E-state index in [9.17, 15) is 9.59 Å². The first-order valence-corrected chi connectivity index (χ1v) is 5.04. The summed E-state index contributed by atoms with van der Waals surface area (Å²) in [5, 5.41) is 5.34. The molecule has 0 spiro atoms. The number of ketones is 1. The quantitative estimate of drug-likeness (QED) is 0.532. The van der Waals surface area contributed by atoms with Crippen molar-refractivity contribution in [1.29, 1.82) is 0 Å². The number of amides is 1. The van der Waals surface area contributed by atoms with Gasteiger partial charge in [-0.05, 0) is 27.7 Å². The lowest BCUT2D eigenvalue weighted by Gasteiger charge is -2.22. The van der Waals surface area contributed by atoms with Gasteiger partial charge in [-0.25, -0.2) is 0 Å². The zero-order chi connectivity index (χ0) is 12.8. The van der Waals surface area contributed by atoms with Gasteiger partial charge in [0.05, 0.1) is 5.54 Å². The highest BCUT2D eigenvalue weighted by molar-refractivity contribution is 5.98. The molecule has 16 heavy (non-hydrogen) atoms. The van der Waals surface area contributed by atoms with Gasteiger partial charge in [0, 0.05) is 19.5 Å². The van der Waals surface area contributed by atoms with Gasteiger partial charge in [-0.15, -0.1) is 0 Å². The van der Waals surface area contributed by atoms with E-state index in [-0.39, 0.29) is 17.4 Å². The molecule has 0 unspecified atom stereocenters. The number of aliphatic imine (C=N–C) groups is 1. The van der Waals surface area contributed by atoms with E-state index in [1.165, 1.54) is 19.3 Å². The summed E-state index contributed by atoms with van der Waals surface area (Å²) in [5.41, 5.74) is -0.646. The van der Waals surface area contributed by atoms with Crippen molar-refractivity contribution in [3.8, 4) is 0 Å². The maximum atomic E-state index is 11.8. The second-order valence-corrected chi connectivity index (χ2v) is 3.84. The molecule has 0 atom stereocenters. The van der Waals surface area contributed by atoms with Crippen molar-refractivity contribution >= 4 is 17.9 Å². The van der Waals surface area contributed by atoms with Crippen molar-refractivity contribution in [3.05, 3.63) is 11.9 Å². The Morgan fingerprint density at radius 2 is 1.88 bits per heavy atom. The number of hydrogen-bond donors (Lipinski definition) is 2.